The van der Waals surface area contributed by atoms with Crippen LogP contribution in [0.25, 0.3) is 10.9 Å². The predicted octanol–water partition coefficient (Wildman–Crippen LogP) is 2.14. The predicted molar refractivity (Wildman–Crippen MR) is 99.8 cm³/mol. The van der Waals surface area contributed by atoms with Crippen molar-refractivity contribution in [1.29, 1.82) is 0 Å². The molecule has 0 radical (unpaired) electrons. The van der Waals surface area contributed by atoms with E-state index in [1.807, 2.05) is 30.3 Å². The third-order valence-corrected chi connectivity index (χ3v) is 5.02. The van der Waals surface area contributed by atoms with Gasteiger partial charge in [-0.25, -0.2) is 0 Å². The minimum Gasteiger partial charge on any atom is -0.481 e. The second kappa shape index (κ2) is 8.16. The van der Waals surface area contributed by atoms with Gasteiger partial charge in [0.2, 0.25) is 11.8 Å². The maximum atomic E-state index is 12.2. The van der Waals surface area contributed by atoms with Crippen molar-refractivity contribution in [2.45, 2.75) is 50.6 Å². The molecule has 0 saturated carbocycles. The first-order valence-electron chi connectivity index (χ1n) is 9.09. The fourth-order valence-corrected chi connectivity index (χ4v) is 3.47. The van der Waals surface area contributed by atoms with E-state index in [9.17, 15) is 14.4 Å². The maximum Gasteiger partial charge on any atom is 0.303 e. The van der Waals surface area contributed by atoms with Crippen molar-refractivity contribution in [2.75, 3.05) is 0 Å². The third-order valence-electron chi connectivity index (χ3n) is 5.02. The van der Waals surface area contributed by atoms with Crippen LogP contribution in [-0.2, 0) is 20.9 Å². The number of carbonyl (C=O) groups excluding carboxylic acids is 2. The van der Waals surface area contributed by atoms with Crippen LogP contribution in [0.2, 0.25) is 0 Å². The summed E-state index contributed by atoms with van der Waals surface area (Å²) < 4.78 is 0. The van der Waals surface area contributed by atoms with Gasteiger partial charge in [0.25, 0.3) is 0 Å². The zero-order chi connectivity index (χ0) is 19.3. The van der Waals surface area contributed by atoms with Crippen molar-refractivity contribution >= 4 is 28.7 Å². The van der Waals surface area contributed by atoms with Gasteiger partial charge in [-0.2, -0.15) is 0 Å². The zero-order valence-corrected chi connectivity index (χ0v) is 15.0. The Bertz CT molecular complexity index is 867. The lowest BCUT2D eigenvalue weighted by atomic mass is 9.86. The van der Waals surface area contributed by atoms with Gasteiger partial charge in [-0.05, 0) is 37.0 Å². The molecule has 0 spiro atoms. The van der Waals surface area contributed by atoms with Gasteiger partial charge in [-0.3, -0.25) is 19.4 Å². The van der Waals surface area contributed by atoms with E-state index in [-0.39, 0.29) is 24.7 Å². The highest BCUT2D eigenvalue weighted by Gasteiger charge is 2.37. The molecular formula is C20H23N3O4. The number of amides is 2. The van der Waals surface area contributed by atoms with Gasteiger partial charge in [-0.1, -0.05) is 18.2 Å². The first-order valence-corrected chi connectivity index (χ1v) is 9.09. The third kappa shape index (κ3) is 5.03. The number of fused-ring (bicyclic) bond motifs is 1. The molecular weight excluding hydrogens is 346 g/mol. The molecule has 2 amide bonds. The number of hydrogen-bond acceptors (Lipinski definition) is 4. The molecule has 0 bridgehead atoms. The van der Waals surface area contributed by atoms with E-state index in [0.29, 0.717) is 32.2 Å². The number of carboxylic acid groups (broad SMARTS) is 1. The van der Waals surface area contributed by atoms with E-state index < -0.39 is 11.5 Å². The number of benzene rings is 1. The molecule has 3 N–H and O–H groups in total. The van der Waals surface area contributed by atoms with Crippen LogP contribution >= 0.6 is 0 Å². The van der Waals surface area contributed by atoms with Crippen LogP contribution in [0.1, 0.15) is 44.1 Å². The highest BCUT2D eigenvalue weighted by atomic mass is 16.4. The summed E-state index contributed by atoms with van der Waals surface area (Å²) in [7, 11) is 0. The summed E-state index contributed by atoms with van der Waals surface area (Å²) in [6.07, 6.45) is 3.69. The molecule has 1 unspecified atom stereocenters. The van der Waals surface area contributed by atoms with Gasteiger partial charge in [0.15, 0.2) is 0 Å². The van der Waals surface area contributed by atoms with Gasteiger partial charge >= 0.3 is 5.97 Å². The monoisotopic (exact) mass is 369 g/mol. The van der Waals surface area contributed by atoms with E-state index in [1.165, 1.54) is 0 Å². The number of aromatic nitrogens is 1. The molecule has 1 aliphatic heterocycles. The Labute approximate surface area is 157 Å². The number of aliphatic carboxylic acids is 1. The van der Waals surface area contributed by atoms with Crippen LogP contribution in [0.5, 0.6) is 0 Å². The SMILES string of the molecule is O=C(O)CCC1(CCC(=O)NCc2cnc3ccccc3c2)CCC(=O)N1. The summed E-state index contributed by atoms with van der Waals surface area (Å²) in [5.41, 5.74) is 1.24. The van der Waals surface area contributed by atoms with Crippen LogP contribution in [0.3, 0.4) is 0 Å². The summed E-state index contributed by atoms with van der Waals surface area (Å²) in [6, 6.07) is 9.78. The van der Waals surface area contributed by atoms with Crippen molar-refractivity contribution in [3.63, 3.8) is 0 Å². The topological polar surface area (TPSA) is 108 Å². The standard InChI is InChI=1S/C20H23N3O4/c24-17(5-8-20(10-7-19(26)27)9-6-18(25)23-20)22-13-14-11-15-3-1-2-4-16(15)21-12-14/h1-4,11-12H,5-10,13H2,(H,22,24)(H,23,25)(H,26,27). The van der Waals surface area contributed by atoms with Crippen LogP contribution in [0.4, 0.5) is 0 Å². The summed E-state index contributed by atoms with van der Waals surface area (Å²) in [4.78, 5) is 39.1. The fraction of sp³-hybridized carbons (Fsp3) is 0.400. The molecule has 1 aliphatic rings. The Morgan fingerprint density at radius 3 is 2.74 bits per heavy atom. The maximum absolute atomic E-state index is 12.2. The molecule has 142 valence electrons. The first-order chi connectivity index (χ1) is 13.0. The summed E-state index contributed by atoms with van der Waals surface area (Å²) >= 11 is 0. The Balaban J connectivity index is 1.53. The second-order valence-electron chi connectivity index (χ2n) is 7.04. The molecule has 7 heteroatoms. The number of carboxylic acids is 1. The lowest BCUT2D eigenvalue weighted by Gasteiger charge is -2.28. The molecule has 2 heterocycles. The van der Waals surface area contributed by atoms with Crippen molar-refractivity contribution in [1.82, 2.24) is 15.6 Å². The molecule has 1 aromatic heterocycles. The first kappa shape index (κ1) is 18.8. The minimum absolute atomic E-state index is 0.0232. The molecule has 1 fully saturated rings. The Morgan fingerprint density at radius 1 is 1.22 bits per heavy atom. The normalized spacial score (nSPS) is 19.0. The summed E-state index contributed by atoms with van der Waals surface area (Å²) in [6.45, 7) is 0.380. The van der Waals surface area contributed by atoms with Gasteiger partial charge in [0.1, 0.15) is 0 Å². The minimum atomic E-state index is -0.899. The van der Waals surface area contributed by atoms with Gasteiger partial charge in [-0.15, -0.1) is 0 Å². The van der Waals surface area contributed by atoms with E-state index >= 15 is 0 Å². The largest absolute Gasteiger partial charge is 0.481 e. The van der Waals surface area contributed by atoms with Gasteiger partial charge in [0, 0.05) is 42.9 Å². The Hall–Kier alpha value is -2.96. The smallest absolute Gasteiger partial charge is 0.303 e. The molecule has 27 heavy (non-hydrogen) atoms. The quantitative estimate of drug-likeness (QED) is 0.661. The number of pyridine rings is 1. The number of rotatable bonds is 8. The Kier molecular flexibility index (Phi) is 5.69. The van der Waals surface area contributed by atoms with Crippen molar-refractivity contribution in [3.8, 4) is 0 Å². The highest BCUT2D eigenvalue weighted by Crippen LogP contribution is 2.30. The molecule has 1 aromatic carbocycles. The summed E-state index contributed by atoms with van der Waals surface area (Å²) in [5.74, 6) is -1.11. The second-order valence-corrected chi connectivity index (χ2v) is 7.04. The molecule has 1 atom stereocenters. The Morgan fingerprint density at radius 2 is 2.00 bits per heavy atom. The van der Waals surface area contributed by atoms with E-state index in [2.05, 4.69) is 15.6 Å². The van der Waals surface area contributed by atoms with E-state index in [1.54, 1.807) is 6.20 Å². The van der Waals surface area contributed by atoms with Crippen LogP contribution < -0.4 is 10.6 Å². The summed E-state index contributed by atoms with van der Waals surface area (Å²) in [5, 5.41) is 15.7. The van der Waals surface area contributed by atoms with Crippen molar-refractivity contribution < 1.29 is 19.5 Å². The fourth-order valence-electron chi connectivity index (χ4n) is 3.47. The number of nitrogens with zero attached hydrogens (tertiary/aromatic N) is 1. The number of nitrogens with one attached hydrogen (secondary N) is 2. The van der Waals surface area contributed by atoms with Crippen molar-refractivity contribution in [2.24, 2.45) is 0 Å². The van der Waals surface area contributed by atoms with E-state index in [4.69, 9.17) is 5.11 Å². The number of carbonyl (C=O) groups is 3. The highest BCUT2D eigenvalue weighted by molar-refractivity contribution is 5.81. The number of hydrogen-bond donors (Lipinski definition) is 3. The van der Waals surface area contributed by atoms with Crippen LogP contribution in [-0.4, -0.2) is 33.4 Å². The average Bonchev–Trinajstić information content (AvgIpc) is 3.04. The lowest BCUT2D eigenvalue weighted by molar-refractivity contribution is -0.137. The van der Waals surface area contributed by atoms with Gasteiger partial charge < -0.3 is 15.7 Å². The molecule has 3 rings (SSSR count). The zero-order valence-electron chi connectivity index (χ0n) is 15.0. The van der Waals surface area contributed by atoms with Crippen LogP contribution in [0.15, 0.2) is 36.5 Å². The molecule has 7 nitrogen and oxygen atoms in total. The van der Waals surface area contributed by atoms with E-state index in [0.717, 1.165) is 16.5 Å². The molecule has 1 saturated heterocycles. The molecule has 2 aromatic rings. The van der Waals surface area contributed by atoms with Crippen molar-refractivity contribution in [3.05, 3.63) is 42.1 Å². The lowest BCUT2D eigenvalue weighted by Crippen LogP contribution is -2.43. The molecule has 0 aliphatic carbocycles. The van der Waals surface area contributed by atoms with Crippen LogP contribution in [0, 0.1) is 0 Å². The van der Waals surface area contributed by atoms with Gasteiger partial charge in [0.05, 0.1) is 5.52 Å². The number of para-hydroxylation sites is 1. The average molecular weight is 369 g/mol.